The largest absolute Gasteiger partial charge is 0.457 e. The Kier molecular flexibility index (Phi) is 6.27. The minimum absolute atomic E-state index is 0.397. The average molecular weight is 335 g/mol. The van der Waals surface area contributed by atoms with Crippen molar-refractivity contribution in [2.75, 3.05) is 31.1 Å². The van der Waals surface area contributed by atoms with Crippen molar-refractivity contribution in [2.45, 2.75) is 32.1 Å². The van der Waals surface area contributed by atoms with Crippen LogP contribution in [0.3, 0.4) is 0 Å². The van der Waals surface area contributed by atoms with Crippen molar-refractivity contribution < 1.29 is 31.5 Å². The van der Waals surface area contributed by atoms with Gasteiger partial charge in [0.05, 0.1) is 5.92 Å². The van der Waals surface area contributed by atoms with Gasteiger partial charge < -0.3 is 4.74 Å². The number of rotatable bonds is 5. The molecule has 1 unspecified atom stereocenters. The van der Waals surface area contributed by atoms with Crippen molar-refractivity contribution in [3.8, 4) is 0 Å². The summed E-state index contributed by atoms with van der Waals surface area (Å²) in [6.07, 6.45) is -8.27. The molecule has 0 bridgehead atoms. The fourth-order valence-corrected chi connectivity index (χ4v) is 2.68. The van der Waals surface area contributed by atoms with Crippen LogP contribution in [0.4, 0.5) is 22.0 Å². The molecule has 1 aliphatic rings. The highest BCUT2D eigenvalue weighted by atomic mass is 32.2. The van der Waals surface area contributed by atoms with Crippen LogP contribution in [0.2, 0.25) is 0 Å². The Balaban J connectivity index is 2.85. The van der Waals surface area contributed by atoms with Gasteiger partial charge in [0.1, 0.15) is 0 Å². The number of carbonyl (C=O) groups excluding carboxylic acids is 1. The second kappa shape index (κ2) is 7.13. The molecule has 0 N–H and O–H groups in total. The van der Waals surface area contributed by atoms with Crippen molar-refractivity contribution in [1.29, 1.82) is 0 Å². The second-order valence-corrected chi connectivity index (χ2v) is 6.34. The highest BCUT2D eigenvalue weighted by molar-refractivity contribution is 7.99. The van der Waals surface area contributed by atoms with Gasteiger partial charge in [0.15, 0.2) is 6.10 Å². The minimum atomic E-state index is -5.75. The normalized spacial score (nSPS) is 19.6. The van der Waals surface area contributed by atoms with Crippen LogP contribution < -0.4 is 0 Å². The molecule has 1 rings (SSSR count). The van der Waals surface area contributed by atoms with E-state index in [4.69, 9.17) is 0 Å². The molecule has 0 aromatic carbocycles. The molecule has 1 heterocycles. The van der Waals surface area contributed by atoms with Gasteiger partial charge in [-0.05, 0) is 0 Å². The van der Waals surface area contributed by atoms with Crippen LogP contribution in [0.5, 0.6) is 0 Å². The number of hydrogen-bond acceptors (Lipinski definition) is 4. The molecule has 21 heavy (non-hydrogen) atoms. The average Bonchev–Trinajstić information content (AvgIpc) is 2.37. The first-order valence-electron chi connectivity index (χ1n) is 6.51. The van der Waals surface area contributed by atoms with Gasteiger partial charge in [0, 0.05) is 31.1 Å². The molecule has 0 aromatic rings. The molecule has 9 heteroatoms. The Morgan fingerprint density at radius 2 is 1.71 bits per heavy atom. The van der Waals surface area contributed by atoms with E-state index in [1.165, 1.54) is 18.7 Å². The van der Waals surface area contributed by atoms with Gasteiger partial charge in [-0.1, -0.05) is 13.8 Å². The molecule has 124 valence electrons. The van der Waals surface area contributed by atoms with Crippen LogP contribution in [0.1, 0.15) is 13.8 Å². The number of thioether (sulfide) groups is 1. The topological polar surface area (TPSA) is 29.5 Å². The van der Waals surface area contributed by atoms with Crippen LogP contribution >= 0.6 is 11.8 Å². The Morgan fingerprint density at radius 3 is 2.14 bits per heavy atom. The van der Waals surface area contributed by atoms with Gasteiger partial charge in [-0.15, -0.1) is 0 Å². The predicted molar refractivity (Wildman–Crippen MR) is 69.5 cm³/mol. The van der Waals surface area contributed by atoms with Gasteiger partial charge in [0.25, 0.3) is 0 Å². The molecular weight excluding hydrogens is 317 g/mol. The van der Waals surface area contributed by atoms with Gasteiger partial charge >= 0.3 is 18.1 Å². The van der Waals surface area contributed by atoms with Gasteiger partial charge in [-0.3, -0.25) is 9.69 Å². The summed E-state index contributed by atoms with van der Waals surface area (Å²) in [5.74, 6) is -5.59. The van der Waals surface area contributed by atoms with Crippen molar-refractivity contribution >= 4 is 17.7 Å². The zero-order valence-corrected chi connectivity index (χ0v) is 12.6. The van der Waals surface area contributed by atoms with Gasteiger partial charge in [-0.25, -0.2) is 0 Å². The lowest BCUT2D eigenvalue weighted by Crippen LogP contribution is -2.55. The molecule has 1 atom stereocenters. The number of ether oxygens (including phenoxy) is 1. The molecule has 1 fully saturated rings. The van der Waals surface area contributed by atoms with E-state index in [2.05, 4.69) is 4.74 Å². The minimum Gasteiger partial charge on any atom is -0.454 e. The third-order valence-corrected chi connectivity index (χ3v) is 3.98. The summed E-state index contributed by atoms with van der Waals surface area (Å²) in [6.45, 7) is 2.93. The number of carbonyl (C=O) groups is 1. The van der Waals surface area contributed by atoms with Crippen LogP contribution in [-0.4, -0.2) is 60.2 Å². The predicted octanol–water partition coefficient (Wildman–Crippen LogP) is 2.80. The first-order chi connectivity index (χ1) is 9.55. The Labute approximate surface area is 124 Å². The Morgan fingerprint density at radius 1 is 1.19 bits per heavy atom. The molecule has 0 saturated carbocycles. The molecule has 1 aliphatic heterocycles. The summed E-state index contributed by atoms with van der Waals surface area (Å²) in [7, 11) is 0. The smallest absolute Gasteiger partial charge is 0.454 e. The van der Waals surface area contributed by atoms with E-state index in [-0.39, 0.29) is 0 Å². The second-order valence-electron chi connectivity index (χ2n) is 5.11. The third kappa shape index (κ3) is 4.98. The standard InChI is InChI=1S/C12H18F5NO2S/c1-8(2)10(19)20-9(11(13,14)12(15,16)17)7-18-3-5-21-6-4-18/h8-9H,3-7H2,1-2H3. The number of halogens is 5. The maximum absolute atomic E-state index is 13.5. The molecule has 0 aromatic heterocycles. The molecule has 3 nitrogen and oxygen atoms in total. The number of hydrogen-bond donors (Lipinski definition) is 0. The van der Waals surface area contributed by atoms with E-state index >= 15 is 0 Å². The van der Waals surface area contributed by atoms with Gasteiger partial charge in [-0.2, -0.15) is 33.7 Å². The SMILES string of the molecule is CC(C)C(=O)OC(CN1CCSCC1)C(F)(F)C(F)(F)F. The number of nitrogens with zero attached hydrogens (tertiary/aromatic N) is 1. The van der Waals surface area contributed by atoms with E-state index in [0.29, 0.717) is 24.6 Å². The molecular formula is C12H18F5NO2S. The van der Waals surface area contributed by atoms with Crippen LogP contribution in [0.15, 0.2) is 0 Å². The number of esters is 1. The van der Waals surface area contributed by atoms with Crippen molar-refractivity contribution in [2.24, 2.45) is 5.92 Å². The molecule has 0 amide bonds. The summed E-state index contributed by atoms with van der Waals surface area (Å²) in [5.41, 5.74) is 0. The fourth-order valence-electron chi connectivity index (χ4n) is 1.70. The lowest BCUT2D eigenvalue weighted by atomic mass is 10.1. The van der Waals surface area contributed by atoms with Crippen molar-refractivity contribution in [1.82, 2.24) is 4.90 Å². The maximum Gasteiger partial charge on any atom is 0.457 e. The molecule has 1 saturated heterocycles. The monoisotopic (exact) mass is 335 g/mol. The molecule has 0 aliphatic carbocycles. The van der Waals surface area contributed by atoms with E-state index < -0.39 is 36.6 Å². The van der Waals surface area contributed by atoms with E-state index in [0.717, 1.165) is 0 Å². The van der Waals surface area contributed by atoms with Crippen LogP contribution in [-0.2, 0) is 9.53 Å². The quantitative estimate of drug-likeness (QED) is 0.571. The summed E-state index contributed by atoms with van der Waals surface area (Å²) in [4.78, 5) is 12.9. The van der Waals surface area contributed by atoms with Crippen LogP contribution in [0.25, 0.3) is 0 Å². The van der Waals surface area contributed by atoms with Gasteiger partial charge in [0.2, 0.25) is 0 Å². The highest BCUT2D eigenvalue weighted by Gasteiger charge is 2.64. The van der Waals surface area contributed by atoms with Crippen molar-refractivity contribution in [3.63, 3.8) is 0 Å². The van der Waals surface area contributed by atoms with E-state index in [1.54, 1.807) is 11.8 Å². The first kappa shape index (κ1) is 18.5. The zero-order chi connectivity index (χ0) is 16.3. The third-order valence-electron chi connectivity index (χ3n) is 3.04. The fraction of sp³-hybridized carbons (Fsp3) is 0.917. The van der Waals surface area contributed by atoms with E-state index in [9.17, 15) is 26.7 Å². The molecule has 0 radical (unpaired) electrons. The van der Waals surface area contributed by atoms with E-state index in [1.807, 2.05) is 0 Å². The highest BCUT2D eigenvalue weighted by Crippen LogP contribution is 2.40. The summed E-state index contributed by atoms with van der Waals surface area (Å²) in [5, 5.41) is 0. The summed E-state index contributed by atoms with van der Waals surface area (Å²) < 4.78 is 69.1. The maximum atomic E-state index is 13.5. The lowest BCUT2D eigenvalue weighted by Gasteiger charge is -2.34. The Bertz CT molecular complexity index is 356. The first-order valence-corrected chi connectivity index (χ1v) is 7.66. The molecule has 0 spiro atoms. The summed E-state index contributed by atoms with van der Waals surface area (Å²) >= 11 is 1.60. The van der Waals surface area contributed by atoms with Crippen LogP contribution in [0, 0.1) is 5.92 Å². The summed E-state index contributed by atoms with van der Waals surface area (Å²) in [6, 6.07) is 0. The zero-order valence-electron chi connectivity index (χ0n) is 11.8. The van der Waals surface area contributed by atoms with Crippen molar-refractivity contribution in [3.05, 3.63) is 0 Å². The Hall–Kier alpha value is -0.570. The number of alkyl halides is 5. The lowest BCUT2D eigenvalue weighted by molar-refractivity contribution is -0.316.